The van der Waals surface area contributed by atoms with E-state index in [0.29, 0.717) is 0 Å². The average molecular weight is 472 g/mol. The average Bonchev–Trinajstić information content (AvgIpc) is 3.03. The van der Waals surface area contributed by atoms with Crippen molar-refractivity contribution in [2.24, 2.45) is 28.6 Å². The van der Waals surface area contributed by atoms with E-state index in [1.54, 1.807) is 0 Å². The van der Waals surface area contributed by atoms with Crippen molar-refractivity contribution in [3.8, 4) is 0 Å². The number of hydrogen-bond donors (Lipinski definition) is 2. The van der Waals surface area contributed by atoms with E-state index >= 15 is 8.78 Å². The number of aliphatic hydroxyl groups is 2. The standard InChI is InChI=1S/C25H32F2O6/c1-5-21(32)33-25(20(31)12-28)13(2)8-15-16-10-18(26)17-9-14(29)6-7-22(17,3)24(16,27)19(30)11-23(15,25)4/h6-7,9,13,15-16,18-19,28,30H,5,8,10-12H2,1-4H3/t13-,15-,16-,18-,19-,22-,23-,24-,25-/m0/s1/i1D3,5D2. The van der Waals surface area contributed by atoms with Gasteiger partial charge in [0, 0.05) is 35.9 Å². The smallest absolute Gasteiger partial charge is 0.306 e. The highest BCUT2D eigenvalue weighted by molar-refractivity contribution is 6.01. The Morgan fingerprint density at radius 1 is 1.33 bits per heavy atom. The van der Waals surface area contributed by atoms with Gasteiger partial charge in [-0.15, -0.1) is 0 Å². The fraction of sp³-hybridized carbons (Fsp3) is 0.720. The molecule has 0 saturated heterocycles. The molecular weight excluding hydrogens is 434 g/mol. The molecule has 0 aromatic heterocycles. The second kappa shape index (κ2) is 7.54. The van der Waals surface area contributed by atoms with Crippen LogP contribution in [-0.4, -0.2) is 57.9 Å². The number of ether oxygens (including phenoxy) is 1. The zero-order valence-corrected chi connectivity index (χ0v) is 18.7. The maximum atomic E-state index is 17.3. The molecule has 0 amide bonds. The first kappa shape index (κ1) is 18.4. The molecule has 0 aromatic rings. The Bertz CT molecular complexity index is 1140. The normalized spacial score (nSPS) is 51.5. The van der Waals surface area contributed by atoms with Gasteiger partial charge in [-0.3, -0.25) is 14.4 Å². The molecule has 3 saturated carbocycles. The van der Waals surface area contributed by atoms with Crippen molar-refractivity contribution in [2.45, 2.75) is 76.8 Å². The number of alkyl halides is 2. The first-order valence-electron chi connectivity index (χ1n) is 13.6. The molecule has 0 bridgehead atoms. The third-order valence-electron chi connectivity index (χ3n) is 9.08. The van der Waals surface area contributed by atoms with Crippen LogP contribution in [0.25, 0.3) is 0 Å². The summed E-state index contributed by atoms with van der Waals surface area (Å²) in [7, 11) is 0. The molecule has 6 nitrogen and oxygen atoms in total. The number of Topliss-reactive ketones (excluding diaryl/α,β-unsaturated/α-hetero) is 1. The summed E-state index contributed by atoms with van der Waals surface area (Å²) in [5.74, 6) is -6.48. The van der Waals surface area contributed by atoms with Crippen LogP contribution in [0.1, 0.15) is 60.1 Å². The van der Waals surface area contributed by atoms with Crippen molar-refractivity contribution in [3.05, 3.63) is 23.8 Å². The number of halogens is 2. The Balaban J connectivity index is 1.86. The molecule has 0 heterocycles. The number of ketones is 2. The number of hydrogen-bond acceptors (Lipinski definition) is 6. The van der Waals surface area contributed by atoms with E-state index in [1.807, 2.05) is 0 Å². The number of allylic oxidation sites excluding steroid dienone is 4. The SMILES string of the molecule is [2H]C([2H])([2H])C([2H])([2H])C(=O)O[C@]1(C(=O)CO)[C@@H](C)C[C@H]2[C@@H]3C[C@H](F)C4=CC(=O)C=C[C@]4(C)[C@@]3(F)[C@@H](O)C[C@@]21C. The van der Waals surface area contributed by atoms with Gasteiger partial charge in [-0.1, -0.05) is 26.8 Å². The van der Waals surface area contributed by atoms with E-state index in [-0.39, 0.29) is 12.0 Å². The zero-order chi connectivity index (χ0) is 28.9. The van der Waals surface area contributed by atoms with Crippen LogP contribution in [0.3, 0.4) is 0 Å². The molecule has 4 aliphatic carbocycles. The molecule has 4 aliphatic rings. The van der Waals surface area contributed by atoms with Gasteiger partial charge in [-0.05, 0) is 49.8 Å². The molecule has 0 radical (unpaired) electrons. The van der Waals surface area contributed by atoms with Gasteiger partial charge in [-0.2, -0.15) is 0 Å². The molecule has 8 heteroatoms. The van der Waals surface area contributed by atoms with Crippen molar-refractivity contribution in [1.29, 1.82) is 0 Å². The predicted molar refractivity (Wildman–Crippen MR) is 114 cm³/mol. The fourth-order valence-electron chi connectivity index (χ4n) is 7.68. The summed E-state index contributed by atoms with van der Waals surface area (Å²) < 4.78 is 76.3. The van der Waals surface area contributed by atoms with Crippen LogP contribution in [0.2, 0.25) is 0 Å². The molecule has 33 heavy (non-hydrogen) atoms. The van der Waals surface area contributed by atoms with Crippen LogP contribution in [0.5, 0.6) is 0 Å². The van der Waals surface area contributed by atoms with Crippen LogP contribution in [0.4, 0.5) is 8.78 Å². The molecule has 2 N–H and O–H groups in total. The van der Waals surface area contributed by atoms with Crippen LogP contribution >= 0.6 is 0 Å². The highest BCUT2D eigenvalue weighted by Crippen LogP contribution is 2.71. The highest BCUT2D eigenvalue weighted by atomic mass is 19.1. The third kappa shape index (κ3) is 2.80. The molecular formula is C25H32F2O6. The van der Waals surface area contributed by atoms with Gasteiger partial charge in [-0.25, -0.2) is 8.78 Å². The van der Waals surface area contributed by atoms with Crippen molar-refractivity contribution < 1.29 is 45.0 Å². The van der Waals surface area contributed by atoms with Crippen LogP contribution in [0, 0.1) is 28.6 Å². The van der Waals surface area contributed by atoms with Crippen LogP contribution in [-0.2, 0) is 19.1 Å². The Hall–Kier alpha value is -1.93. The predicted octanol–water partition coefficient (Wildman–Crippen LogP) is 2.80. The van der Waals surface area contributed by atoms with Crippen molar-refractivity contribution in [3.63, 3.8) is 0 Å². The molecule has 4 rings (SSSR count). The monoisotopic (exact) mass is 471 g/mol. The Morgan fingerprint density at radius 3 is 2.67 bits per heavy atom. The van der Waals surface area contributed by atoms with Gasteiger partial charge in [0.25, 0.3) is 0 Å². The number of carbonyl (C=O) groups is 3. The highest BCUT2D eigenvalue weighted by Gasteiger charge is 2.77. The molecule has 9 atom stereocenters. The summed E-state index contributed by atoms with van der Waals surface area (Å²) in [5.41, 5.74) is -8.18. The summed E-state index contributed by atoms with van der Waals surface area (Å²) >= 11 is 0. The lowest BCUT2D eigenvalue weighted by atomic mass is 9.44. The number of esters is 1. The third-order valence-corrected chi connectivity index (χ3v) is 9.08. The van der Waals surface area contributed by atoms with E-state index in [2.05, 4.69) is 0 Å². The summed E-state index contributed by atoms with van der Waals surface area (Å²) in [6.45, 7) is -0.273. The van der Waals surface area contributed by atoms with E-state index < -0.39 is 102 Å². The number of carbonyl (C=O) groups excluding carboxylic acids is 3. The first-order valence-corrected chi connectivity index (χ1v) is 11.1. The molecule has 0 unspecified atom stereocenters. The summed E-state index contributed by atoms with van der Waals surface area (Å²) in [6, 6.07) is 0. The lowest BCUT2D eigenvalue weighted by Crippen LogP contribution is -2.71. The largest absolute Gasteiger partial charge is 0.450 e. The molecule has 3 fully saturated rings. The van der Waals surface area contributed by atoms with Crippen molar-refractivity contribution in [2.75, 3.05) is 6.61 Å². The maximum absolute atomic E-state index is 17.3. The van der Waals surface area contributed by atoms with Crippen LogP contribution < -0.4 is 0 Å². The fourth-order valence-corrected chi connectivity index (χ4v) is 7.68. The van der Waals surface area contributed by atoms with Crippen molar-refractivity contribution >= 4 is 17.5 Å². The molecule has 0 spiro atoms. The summed E-state index contributed by atoms with van der Waals surface area (Å²) in [6.07, 6.45) is -4.63. The van der Waals surface area contributed by atoms with Crippen LogP contribution in [0.15, 0.2) is 23.8 Å². The lowest BCUT2D eigenvalue weighted by molar-refractivity contribution is -0.231. The number of aliphatic hydroxyl groups excluding tert-OH is 2. The van der Waals surface area contributed by atoms with Crippen molar-refractivity contribution in [1.82, 2.24) is 0 Å². The first-order chi connectivity index (χ1) is 17.3. The Kier molecular flexibility index (Phi) is 4.20. The van der Waals surface area contributed by atoms with Gasteiger partial charge in [0.2, 0.25) is 5.78 Å². The Labute approximate surface area is 199 Å². The van der Waals surface area contributed by atoms with Gasteiger partial charge in [0.1, 0.15) is 12.8 Å². The van der Waals surface area contributed by atoms with Gasteiger partial charge < -0.3 is 14.9 Å². The summed E-state index contributed by atoms with van der Waals surface area (Å²) in [4.78, 5) is 38.3. The van der Waals surface area contributed by atoms with E-state index in [0.717, 1.165) is 12.2 Å². The second-order valence-corrected chi connectivity index (χ2v) is 10.3. The second-order valence-electron chi connectivity index (χ2n) is 10.3. The van der Waals surface area contributed by atoms with E-state index in [1.165, 1.54) is 26.8 Å². The lowest BCUT2D eigenvalue weighted by Gasteiger charge is -2.63. The minimum Gasteiger partial charge on any atom is -0.450 e. The number of fused-ring (bicyclic) bond motifs is 5. The molecule has 0 aromatic carbocycles. The summed E-state index contributed by atoms with van der Waals surface area (Å²) in [5, 5.41) is 21.3. The minimum absolute atomic E-state index is 0.0141. The maximum Gasteiger partial charge on any atom is 0.306 e. The number of rotatable bonds is 4. The zero-order valence-electron chi connectivity index (χ0n) is 23.7. The topological polar surface area (TPSA) is 101 Å². The molecule has 182 valence electrons. The molecule has 0 aliphatic heterocycles. The quantitative estimate of drug-likeness (QED) is 0.612. The van der Waals surface area contributed by atoms with Gasteiger partial charge in [0.15, 0.2) is 17.1 Å². The van der Waals surface area contributed by atoms with Gasteiger partial charge >= 0.3 is 5.97 Å². The minimum atomic E-state index is -3.51. The van der Waals surface area contributed by atoms with E-state index in [9.17, 15) is 24.6 Å². The van der Waals surface area contributed by atoms with Gasteiger partial charge in [0.05, 0.1) is 6.10 Å². The Morgan fingerprint density at radius 2 is 2.03 bits per heavy atom. The van der Waals surface area contributed by atoms with E-state index in [4.69, 9.17) is 11.6 Å².